The van der Waals surface area contributed by atoms with Crippen LogP contribution >= 0.6 is 0 Å². The third-order valence-corrected chi connectivity index (χ3v) is 4.57. The van der Waals surface area contributed by atoms with Gasteiger partial charge in [0.2, 0.25) is 0 Å². The first-order chi connectivity index (χ1) is 11.7. The van der Waals surface area contributed by atoms with E-state index in [4.69, 9.17) is 9.84 Å². The molecule has 0 amide bonds. The zero-order valence-corrected chi connectivity index (χ0v) is 13.7. The maximum atomic E-state index is 11.0. The fourth-order valence-electron chi connectivity index (χ4n) is 3.11. The van der Waals surface area contributed by atoms with Crippen molar-refractivity contribution in [1.29, 1.82) is 0 Å². The summed E-state index contributed by atoms with van der Waals surface area (Å²) in [5.41, 5.74) is 1.20. The minimum absolute atomic E-state index is 0.155. The van der Waals surface area contributed by atoms with Gasteiger partial charge in [-0.3, -0.25) is 4.79 Å². The maximum Gasteiger partial charge on any atom is 0.306 e. The number of carboxylic acid groups (broad SMARTS) is 1. The first-order valence-electron chi connectivity index (χ1n) is 8.49. The molecule has 0 atom stereocenters. The van der Waals surface area contributed by atoms with E-state index in [0.717, 1.165) is 43.7 Å². The van der Waals surface area contributed by atoms with Gasteiger partial charge in [-0.15, -0.1) is 0 Å². The number of hydrogen-bond donors (Lipinski definition) is 2. The summed E-state index contributed by atoms with van der Waals surface area (Å²) in [5, 5.41) is 12.6. The summed E-state index contributed by atoms with van der Waals surface area (Å²) in [6.07, 6.45) is 3.42. The SMILES string of the molecule is O=C(O)C1CCC(NCc2ccc(Oc3ccccc3)cc2)CC1. The van der Waals surface area contributed by atoms with Gasteiger partial charge in [-0.1, -0.05) is 30.3 Å². The van der Waals surface area contributed by atoms with Crippen LogP contribution in [0.25, 0.3) is 0 Å². The Kier molecular flexibility index (Phi) is 5.49. The van der Waals surface area contributed by atoms with Gasteiger partial charge in [-0.05, 0) is 55.5 Å². The lowest BCUT2D eigenvalue weighted by Crippen LogP contribution is -2.34. The third-order valence-electron chi connectivity index (χ3n) is 4.57. The average Bonchev–Trinajstić information content (AvgIpc) is 2.62. The topological polar surface area (TPSA) is 58.6 Å². The van der Waals surface area contributed by atoms with Gasteiger partial charge in [0.25, 0.3) is 0 Å². The highest BCUT2D eigenvalue weighted by molar-refractivity contribution is 5.70. The van der Waals surface area contributed by atoms with Gasteiger partial charge in [0.05, 0.1) is 5.92 Å². The molecule has 1 aliphatic carbocycles. The van der Waals surface area contributed by atoms with Gasteiger partial charge in [0.1, 0.15) is 11.5 Å². The van der Waals surface area contributed by atoms with Crippen LogP contribution in [0, 0.1) is 5.92 Å². The molecule has 2 aromatic rings. The summed E-state index contributed by atoms with van der Waals surface area (Å²) in [4.78, 5) is 11.0. The van der Waals surface area contributed by atoms with E-state index < -0.39 is 5.97 Å². The molecule has 0 spiro atoms. The van der Waals surface area contributed by atoms with E-state index in [1.165, 1.54) is 5.56 Å². The van der Waals surface area contributed by atoms with Crippen LogP contribution in [-0.2, 0) is 11.3 Å². The van der Waals surface area contributed by atoms with Crippen LogP contribution in [0.5, 0.6) is 11.5 Å². The van der Waals surface area contributed by atoms with E-state index in [1.807, 2.05) is 42.5 Å². The first kappa shape index (κ1) is 16.5. The number of carboxylic acids is 1. The Morgan fingerprint density at radius 2 is 1.58 bits per heavy atom. The lowest BCUT2D eigenvalue weighted by atomic mass is 9.86. The second kappa shape index (κ2) is 7.97. The number of para-hydroxylation sites is 1. The molecule has 2 N–H and O–H groups in total. The van der Waals surface area contributed by atoms with E-state index in [1.54, 1.807) is 0 Å². The molecule has 4 heteroatoms. The normalized spacial score (nSPS) is 20.5. The molecule has 0 bridgehead atoms. The van der Waals surface area contributed by atoms with Crippen LogP contribution < -0.4 is 10.1 Å². The Balaban J connectivity index is 1.46. The molecule has 0 unspecified atom stereocenters. The lowest BCUT2D eigenvalue weighted by Gasteiger charge is -2.27. The van der Waals surface area contributed by atoms with Crippen molar-refractivity contribution in [2.45, 2.75) is 38.3 Å². The van der Waals surface area contributed by atoms with Gasteiger partial charge >= 0.3 is 5.97 Å². The highest BCUT2D eigenvalue weighted by Gasteiger charge is 2.25. The van der Waals surface area contributed by atoms with Crippen LogP contribution in [0.1, 0.15) is 31.2 Å². The van der Waals surface area contributed by atoms with Crippen LogP contribution in [-0.4, -0.2) is 17.1 Å². The predicted octanol–water partition coefficient (Wildman–Crippen LogP) is 4.21. The summed E-state index contributed by atoms with van der Waals surface area (Å²) in [6, 6.07) is 18.2. The van der Waals surface area contributed by atoms with E-state index in [2.05, 4.69) is 17.4 Å². The monoisotopic (exact) mass is 325 g/mol. The molecule has 24 heavy (non-hydrogen) atoms. The zero-order valence-electron chi connectivity index (χ0n) is 13.7. The van der Waals surface area contributed by atoms with E-state index in [0.29, 0.717) is 6.04 Å². The van der Waals surface area contributed by atoms with Gasteiger partial charge < -0.3 is 15.2 Å². The molecule has 0 aliphatic heterocycles. The molecule has 4 nitrogen and oxygen atoms in total. The quantitative estimate of drug-likeness (QED) is 0.835. The Morgan fingerprint density at radius 3 is 2.21 bits per heavy atom. The second-order valence-corrected chi connectivity index (χ2v) is 6.33. The molecule has 0 radical (unpaired) electrons. The summed E-state index contributed by atoms with van der Waals surface area (Å²) >= 11 is 0. The second-order valence-electron chi connectivity index (χ2n) is 6.33. The van der Waals surface area contributed by atoms with Crippen molar-refractivity contribution in [1.82, 2.24) is 5.32 Å². The van der Waals surface area contributed by atoms with Crippen molar-refractivity contribution in [3.63, 3.8) is 0 Å². The molecule has 0 aromatic heterocycles. The summed E-state index contributed by atoms with van der Waals surface area (Å²) in [5.74, 6) is 0.852. The van der Waals surface area contributed by atoms with Crippen molar-refractivity contribution in [3.8, 4) is 11.5 Å². The number of rotatable bonds is 6. The van der Waals surface area contributed by atoms with Gasteiger partial charge in [-0.2, -0.15) is 0 Å². The van der Waals surface area contributed by atoms with Crippen LogP contribution in [0.3, 0.4) is 0 Å². The fraction of sp³-hybridized carbons (Fsp3) is 0.350. The van der Waals surface area contributed by atoms with E-state index in [9.17, 15) is 4.79 Å². The Bertz CT molecular complexity index is 646. The standard InChI is InChI=1S/C20H23NO3/c22-20(23)16-8-10-17(11-9-16)21-14-15-6-12-19(13-7-15)24-18-4-2-1-3-5-18/h1-7,12-13,16-17,21H,8-11,14H2,(H,22,23). The van der Waals surface area contributed by atoms with Crippen molar-refractivity contribution in [2.75, 3.05) is 0 Å². The van der Waals surface area contributed by atoms with Crippen molar-refractivity contribution in [3.05, 3.63) is 60.2 Å². The van der Waals surface area contributed by atoms with E-state index in [-0.39, 0.29) is 5.92 Å². The molecule has 0 heterocycles. The number of benzene rings is 2. The number of ether oxygens (including phenoxy) is 1. The summed E-state index contributed by atoms with van der Waals surface area (Å²) < 4.78 is 5.79. The molecular weight excluding hydrogens is 302 g/mol. The smallest absolute Gasteiger partial charge is 0.306 e. The molecule has 1 fully saturated rings. The van der Waals surface area contributed by atoms with Crippen molar-refractivity contribution < 1.29 is 14.6 Å². The average molecular weight is 325 g/mol. The van der Waals surface area contributed by atoms with Gasteiger partial charge in [0, 0.05) is 12.6 Å². The Morgan fingerprint density at radius 1 is 0.958 bits per heavy atom. The molecule has 2 aromatic carbocycles. The Hall–Kier alpha value is -2.33. The largest absolute Gasteiger partial charge is 0.481 e. The predicted molar refractivity (Wildman–Crippen MR) is 93.2 cm³/mol. The zero-order chi connectivity index (χ0) is 16.8. The minimum atomic E-state index is -0.651. The molecule has 1 aliphatic rings. The van der Waals surface area contributed by atoms with Gasteiger partial charge in [0.15, 0.2) is 0 Å². The van der Waals surface area contributed by atoms with Crippen LogP contribution in [0.4, 0.5) is 0 Å². The molecule has 3 rings (SSSR count). The number of carbonyl (C=O) groups is 1. The van der Waals surface area contributed by atoms with E-state index >= 15 is 0 Å². The maximum absolute atomic E-state index is 11.0. The number of aliphatic carboxylic acids is 1. The van der Waals surface area contributed by atoms with Crippen molar-refractivity contribution >= 4 is 5.97 Å². The number of nitrogens with one attached hydrogen (secondary N) is 1. The van der Waals surface area contributed by atoms with Crippen molar-refractivity contribution in [2.24, 2.45) is 5.92 Å². The number of hydrogen-bond acceptors (Lipinski definition) is 3. The lowest BCUT2D eigenvalue weighted by molar-refractivity contribution is -0.142. The first-order valence-corrected chi connectivity index (χ1v) is 8.49. The van der Waals surface area contributed by atoms with Gasteiger partial charge in [-0.25, -0.2) is 0 Å². The molecule has 126 valence electrons. The molecular formula is C20H23NO3. The fourth-order valence-corrected chi connectivity index (χ4v) is 3.11. The minimum Gasteiger partial charge on any atom is -0.481 e. The third kappa shape index (κ3) is 4.59. The van der Waals surface area contributed by atoms with Crippen LogP contribution in [0.2, 0.25) is 0 Å². The molecule has 1 saturated carbocycles. The Labute approximate surface area is 142 Å². The highest BCUT2D eigenvalue weighted by atomic mass is 16.5. The van der Waals surface area contributed by atoms with Crippen LogP contribution in [0.15, 0.2) is 54.6 Å². The highest BCUT2D eigenvalue weighted by Crippen LogP contribution is 2.25. The molecule has 0 saturated heterocycles. The summed E-state index contributed by atoms with van der Waals surface area (Å²) in [7, 11) is 0. The summed E-state index contributed by atoms with van der Waals surface area (Å²) in [6.45, 7) is 0.800.